The number of benzene rings is 1. The zero-order valence-corrected chi connectivity index (χ0v) is 11.1. The van der Waals surface area contributed by atoms with E-state index in [0.29, 0.717) is 11.3 Å². The van der Waals surface area contributed by atoms with E-state index < -0.39 is 17.8 Å². The summed E-state index contributed by atoms with van der Waals surface area (Å²) in [6.07, 6.45) is 1.23. The maximum absolute atomic E-state index is 12.9. The molecule has 6 nitrogen and oxygen atoms in total. The molecule has 110 valence electrons. The number of halogens is 1. The number of barbiturate groups is 1. The molecule has 22 heavy (non-hydrogen) atoms. The van der Waals surface area contributed by atoms with Crippen LogP contribution in [0.25, 0.3) is 17.4 Å². The molecule has 1 saturated heterocycles. The van der Waals surface area contributed by atoms with Crippen LogP contribution in [-0.4, -0.2) is 17.8 Å². The van der Waals surface area contributed by atoms with Crippen molar-refractivity contribution in [3.05, 3.63) is 53.5 Å². The van der Waals surface area contributed by atoms with Gasteiger partial charge in [0.25, 0.3) is 11.8 Å². The first kappa shape index (κ1) is 13.7. The lowest BCUT2D eigenvalue weighted by Crippen LogP contribution is -2.51. The van der Waals surface area contributed by atoms with Crippen molar-refractivity contribution in [2.75, 3.05) is 0 Å². The molecule has 3 rings (SSSR count). The molecule has 1 fully saturated rings. The molecule has 1 aliphatic rings. The summed E-state index contributed by atoms with van der Waals surface area (Å²) >= 11 is 0. The van der Waals surface area contributed by atoms with Gasteiger partial charge in [-0.15, -0.1) is 0 Å². The lowest BCUT2D eigenvalue weighted by Gasteiger charge is -2.13. The molecule has 0 bridgehead atoms. The number of furan rings is 1. The minimum Gasteiger partial charge on any atom is -0.457 e. The first-order valence-electron chi connectivity index (χ1n) is 6.27. The van der Waals surface area contributed by atoms with Crippen LogP contribution in [0.4, 0.5) is 9.18 Å². The van der Waals surface area contributed by atoms with Gasteiger partial charge >= 0.3 is 6.03 Å². The molecular formula is C15H9FN2O4. The topological polar surface area (TPSA) is 88.4 Å². The molecule has 0 aliphatic carbocycles. The monoisotopic (exact) mass is 300 g/mol. The molecule has 1 aliphatic heterocycles. The fourth-order valence-corrected chi connectivity index (χ4v) is 1.95. The van der Waals surface area contributed by atoms with Gasteiger partial charge in [0, 0.05) is 5.56 Å². The molecule has 0 atom stereocenters. The zero-order valence-electron chi connectivity index (χ0n) is 11.1. The molecule has 1 aromatic heterocycles. The standard InChI is InChI=1S/C15H9FN2O4/c16-9-3-1-8(2-4-9)12-6-5-10(22-12)7-11-13(19)17-15(21)18-14(11)20/h1-7H,(H2,17,18,19,20,21). The van der Waals surface area contributed by atoms with Crippen LogP contribution >= 0.6 is 0 Å². The summed E-state index contributed by atoms with van der Waals surface area (Å²) in [5, 5.41) is 3.93. The third kappa shape index (κ3) is 2.64. The van der Waals surface area contributed by atoms with Crippen LogP contribution in [0.15, 0.2) is 46.4 Å². The number of rotatable bonds is 2. The van der Waals surface area contributed by atoms with Gasteiger partial charge in [-0.1, -0.05) is 0 Å². The van der Waals surface area contributed by atoms with Gasteiger partial charge < -0.3 is 4.42 Å². The van der Waals surface area contributed by atoms with Crippen molar-refractivity contribution < 1.29 is 23.2 Å². The normalized spacial score (nSPS) is 14.6. The molecule has 1 aromatic carbocycles. The number of carbonyl (C=O) groups is 3. The second-order valence-electron chi connectivity index (χ2n) is 4.50. The summed E-state index contributed by atoms with van der Waals surface area (Å²) in [4.78, 5) is 34.1. The van der Waals surface area contributed by atoms with Crippen LogP contribution in [-0.2, 0) is 9.59 Å². The Morgan fingerprint density at radius 3 is 2.18 bits per heavy atom. The fraction of sp³-hybridized carbons (Fsp3) is 0. The second kappa shape index (κ2) is 5.28. The van der Waals surface area contributed by atoms with Crippen molar-refractivity contribution in [3.63, 3.8) is 0 Å². The van der Waals surface area contributed by atoms with Crippen molar-refractivity contribution in [3.8, 4) is 11.3 Å². The molecule has 0 spiro atoms. The highest BCUT2D eigenvalue weighted by Crippen LogP contribution is 2.23. The number of hydrogen-bond acceptors (Lipinski definition) is 4. The van der Waals surface area contributed by atoms with Gasteiger partial charge in [-0.05, 0) is 42.5 Å². The highest BCUT2D eigenvalue weighted by atomic mass is 19.1. The first-order chi connectivity index (χ1) is 10.5. The molecule has 2 heterocycles. The third-order valence-corrected chi connectivity index (χ3v) is 2.99. The van der Waals surface area contributed by atoms with E-state index in [0.717, 1.165) is 0 Å². The Kier molecular flexibility index (Phi) is 3.30. The molecule has 0 saturated carbocycles. The molecule has 4 amide bonds. The summed E-state index contributed by atoms with van der Waals surface area (Å²) in [6.45, 7) is 0. The van der Waals surface area contributed by atoms with Crippen LogP contribution in [0.1, 0.15) is 5.76 Å². The zero-order chi connectivity index (χ0) is 15.7. The molecule has 7 heteroatoms. The van der Waals surface area contributed by atoms with Crippen LogP contribution in [0.5, 0.6) is 0 Å². The number of nitrogens with one attached hydrogen (secondary N) is 2. The second-order valence-corrected chi connectivity index (χ2v) is 4.50. The summed E-state index contributed by atoms with van der Waals surface area (Å²) in [6, 6.07) is 8.01. The van der Waals surface area contributed by atoms with Crippen LogP contribution in [0.3, 0.4) is 0 Å². The molecule has 2 aromatic rings. The average molecular weight is 300 g/mol. The maximum Gasteiger partial charge on any atom is 0.328 e. The summed E-state index contributed by atoms with van der Waals surface area (Å²) in [5.74, 6) is -1.24. The smallest absolute Gasteiger partial charge is 0.328 e. The Balaban J connectivity index is 1.89. The van der Waals surface area contributed by atoms with E-state index in [-0.39, 0.29) is 17.2 Å². The molecule has 0 unspecified atom stereocenters. The lowest BCUT2D eigenvalue weighted by molar-refractivity contribution is -0.123. The van der Waals surface area contributed by atoms with Gasteiger partial charge in [-0.3, -0.25) is 20.2 Å². The van der Waals surface area contributed by atoms with Gasteiger partial charge in [-0.2, -0.15) is 0 Å². The summed E-state index contributed by atoms with van der Waals surface area (Å²) in [7, 11) is 0. The largest absolute Gasteiger partial charge is 0.457 e. The van der Waals surface area contributed by atoms with E-state index in [9.17, 15) is 18.8 Å². The predicted octanol–water partition coefficient (Wildman–Crippen LogP) is 1.84. The van der Waals surface area contributed by atoms with Gasteiger partial charge in [0.1, 0.15) is 22.9 Å². The highest BCUT2D eigenvalue weighted by Gasteiger charge is 2.28. The van der Waals surface area contributed by atoms with Crippen LogP contribution in [0.2, 0.25) is 0 Å². The van der Waals surface area contributed by atoms with Crippen molar-refractivity contribution in [1.29, 1.82) is 0 Å². The quantitative estimate of drug-likeness (QED) is 0.654. The number of urea groups is 1. The van der Waals surface area contributed by atoms with Gasteiger partial charge in [0.2, 0.25) is 0 Å². The van der Waals surface area contributed by atoms with Crippen LogP contribution in [0, 0.1) is 5.82 Å². The van der Waals surface area contributed by atoms with E-state index in [4.69, 9.17) is 4.42 Å². The Labute approximate surface area is 123 Å². The molecular weight excluding hydrogens is 291 g/mol. The number of imide groups is 2. The van der Waals surface area contributed by atoms with Gasteiger partial charge in [0.15, 0.2) is 0 Å². The van der Waals surface area contributed by atoms with Crippen molar-refractivity contribution in [2.24, 2.45) is 0 Å². The summed E-state index contributed by atoms with van der Waals surface area (Å²) < 4.78 is 18.4. The third-order valence-electron chi connectivity index (χ3n) is 2.99. The number of carbonyl (C=O) groups excluding carboxylic acids is 3. The molecule has 2 N–H and O–H groups in total. The fourth-order valence-electron chi connectivity index (χ4n) is 1.95. The Morgan fingerprint density at radius 2 is 1.55 bits per heavy atom. The SMILES string of the molecule is O=C1NC(=O)C(=Cc2ccc(-c3ccc(F)cc3)o2)C(=O)N1. The van der Waals surface area contributed by atoms with E-state index >= 15 is 0 Å². The molecule has 0 radical (unpaired) electrons. The maximum atomic E-state index is 12.9. The minimum atomic E-state index is -0.862. The van der Waals surface area contributed by atoms with Crippen LogP contribution < -0.4 is 10.6 Å². The highest BCUT2D eigenvalue weighted by molar-refractivity contribution is 6.31. The Morgan fingerprint density at radius 1 is 0.909 bits per heavy atom. The Hall–Kier alpha value is -3.22. The van der Waals surface area contributed by atoms with Gasteiger partial charge in [0.05, 0.1) is 0 Å². The average Bonchev–Trinajstić information content (AvgIpc) is 2.92. The minimum absolute atomic E-state index is 0.236. The van der Waals surface area contributed by atoms with Crippen molar-refractivity contribution in [1.82, 2.24) is 10.6 Å². The number of amides is 4. The summed E-state index contributed by atoms with van der Waals surface area (Å²) in [5.41, 5.74) is 0.415. The van der Waals surface area contributed by atoms with Crippen molar-refractivity contribution in [2.45, 2.75) is 0 Å². The van der Waals surface area contributed by atoms with E-state index in [1.807, 2.05) is 10.6 Å². The van der Waals surface area contributed by atoms with E-state index in [2.05, 4.69) is 0 Å². The lowest BCUT2D eigenvalue weighted by atomic mass is 10.1. The predicted molar refractivity (Wildman–Crippen MR) is 73.8 cm³/mol. The Bertz CT molecular complexity index is 783. The van der Waals surface area contributed by atoms with Gasteiger partial charge in [-0.25, -0.2) is 9.18 Å². The van der Waals surface area contributed by atoms with E-state index in [1.165, 1.54) is 18.2 Å². The van der Waals surface area contributed by atoms with E-state index in [1.54, 1.807) is 24.3 Å². The number of hydrogen-bond donors (Lipinski definition) is 2. The van der Waals surface area contributed by atoms with Crippen molar-refractivity contribution >= 4 is 23.9 Å². The first-order valence-corrected chi connectivity index (χ1v) is 6.27.